The lowest BCUT2D eigenvalue weighted by atomic mass is 10.0. The number of furan rings is 1. The molecular formula is C14H16N4O2. The number of pyridine rings is 1. The van der Waals surface area contributed by atoms with Crippen LogP contribution >= 0.6 is 0 Å². The minimum Gasteiger partial charge on any atom is -0.466 e. The number of nitrogens with one attached hydrogen (secondary N) is 1. The number of aromatic nitrogens is 3. The van der Waals surface area contributed by atoms with Crippen molar-refractivity contribution < 1.29 is 9.52 Å². The summed E-state index contributed by atoms with van der Waals surface area (Å²) in [4.78, 5) is 4.28. The number of aryl methyl sites for hydroxylation is 1. The SMILES string of the molecule is Cn1ncc2c(NCC(C)(O)c3ccco3)ccnc21. The summed E-state index contributed by atoms with van der Waals surface area (Å²) in [6, 6.07) is 5.38. The third-order valence-electron chi connectivity index (χ3n) is 3.31. The predicted molar refractivity (Wildman–Crippen MR) is 75.3 cm³/mol. The fraction of sp³-hybridized carbons (Fsp3) is 0.286. The highest BCUT2D eigenvalue weighted by Gasteiger charge is 2.26. The summed E-state index contributed by atoms with van der Waals surface area (Å²) in [5, 5.41) is 18.8. The molecule has 0 aliphatic carbocycles. The maximum atomic E-state index is 10.4. The molecule has 0 saturated heterocycles. The number of nitrogens with zero attached hydrogens (tertiary/aromatic N) is 3. The standard InChI is InChI=1S/C14H16N4O2/c1-14(19,12-4-3-7-20-12)9-16-11-5-6-15-13-10(11)8-17-18(13)2/h3-8,19H,9H2,1-2H3,(H,15,16). The quantitative estimate of drug-likeness (QED) is 0.758. The van der Waals surface area contributed by atoms with Crippen LogP contribution in [-0.4, -0.2) is 26.4 Å². The van der Waals surface area contributed by atoms with Crippen molar-refractivity contribution in [2.24, 2.45) is 7.05 Å². The summed E-state index contributed by atoms with van der Waals surface area (Å²) in [7, 11) is 1.85. The van der Waals surface area contributed by atoms with Crippen molar-refractivity contribution in [2.75, 3.05) is 11.9 Å². The van der Waals surface area contributed by atoms with Gasteiger partial charge >= 0.3 is 0 Å². The van der Waals surface area contributed by atoms with Crippen LogP contribution in [0.25, 0.3) is 11.0 Å². The minimum absolute atomic E-state index is 0.328. The Morgan fingerprint density at radius 1 is 1.45 bits per heavy atom. The van der Waals surface area contributed by atoms with Gasteiger partial charge < -0.3 is 14.8 Å². The molecule has 104 valence electrons. The monoisotopic (exact) mass is 272 g/mol. The van der Waals surface area contributed by atoms with Gasteiger partial charge in [-0.3, -0.25) is 4.68 Å². The molecule has 0 aliphatic heterocycles. The average Bonchev–Trinajstić information content (AvgIpc) is 3.07. The molecule has 1 unspecified atom stereocenters. The normalized spacial score (nSPS) is 14.3. The number of hydrogen-bond acceptors (Lipinski definition) is 5. The highest BCUT2D eigenvalue weighted by Crippen LogP contribution is 2.25. The van der Waals surface area contributed by atoms with Crippen LogP contribution < -0.4 is 5.32 Å². The first kappa shape index (κ1) is 12.7. The van der Waals surface area contributed by atoms with E-state index < -0.39 is 5.60 Å². The van der Waals surface area contributed by atoms with Gasteiger partial charge in [0.25, 0.3) is 0 Å². The van der Waals surface area contributed by atoms with Gasteiger partial charge in [-0.25, -0.2) is 4.98 Å². The van der Waals surface area contributed by atoms with Crippen LogP contribution in [0, 0.1) is 0 Å². The van der Waals surface area contributed by atoms with Crippen molar-refractivity contribution in [1.82, 2.24) is 14.8 Å². The van der Waals surface area contributed by atoms with E-state index in [1.165, 1.54) is 0 Å². The van der Waals surface area contributed by atoms with E-state index in [-0.39, 0.29) is 0 Å². The molecule has 3 aromatic rings. The largest absolute Gasteiger partial charge is 0.466 e. The summed E-state index contributed by atoms with van der Waals surface area (Å²) in [6.07, 6.45) is 5.02. The molecule has 6 heteroatoms. The summed E-state index contributed by atoms with van der Waals surface area (Å²) in [5.74, 6) is 0.529. The van der Waals surface area contributed by atoms with Crippen LogP contribution in [0.15, 0.2) is 41.3 Å². The fourth-order valence-corrected chi connectivity index (χ4v) is 2.14. The molecule has 6 nitrogen and oxygen atoms in total. The van der Waals surface area contributed by atoms with Crippen LogP contribution in [-0.2, 0) is 12.6 Å². The fourth-order valence-electron chi connectivity index (χ4n) is 2.14. The molecule has 0 aromatic carbocycles. The van der Waals surface area contributed by atoms with Gasteiger partial charge in [0.2, 0.25) is 0 Å². The van der Waals surface area contributed by atoms with E-state index in [1.54, 1.807) is 42.4 Å². The zero-order chi connectivity index (χ0) is 14.2. The Morgan fingerprint density at radius 2 is 2.30 bits per heavy atom. The molecule has 0 saturated carbocycles. The van der Waals surface area contributed by atoms with Crippen molar-refractivity contribution in [2.45, 2.75) is 12.5 Å². The maximum absolute atomic E-state index is 10.4. The summed E-state index contributed by atoms with van der Waals surface area (Å²) in [5.41, 5.74) is 0.601. The second-order valence-electron chi connectivity index (χ2n) is 4.97. The molecular weight excluding hydrogens is 256 g/mol. The zero-order valence-electron chi connectivity index (χ0n) is 11.4. The van der Waals surface area contributed by atoms with Gasteiger partial charge in [0.1, 0.15) is 11.4 Å². The summed E-state index contributed by atoms with van der Waals surface area (Å²) < 4.78 is 6.97. The number of rotatable bonds is 4. The summed E-state index contributed by atoms with van der Waals surface area (Å²) >= 11 is 0. The maximum Gasteiger partial charge on any atom is 0.159 e. The van der Waals surface area contributed by atoms with Gasteiger partial charge in [0, 0.05) is 18.9 Å². The van der Waals surface area contributed by atoms with Gasteiger partial charge in [-0.05, 0) is 25.1 Å². The third kappa shape index (κ3) is 2.14. The lowest BCUT2D eigenvalue weighted by Gasteiger charge is -2.22. The van der Waals surface area contributed by atoms with Gasteiger partial charge in [-0.2, -0.15) is 5.10 Å². The molecule has 2 N–H and O–H groups in total. The first-order chi connectivity index (χ1) is 9.58. The Kier molecular flexibility index (Phi) is 2.94. The first-order valence-electron chi connectivity index (χ1n) is 6.35. The number of fused-ring (bicyclic) bond motifs is 1. The van der Waals surface area contributed by atoms with Crippen LogP contribution in [0.4, 0.5) is 5.69 Å². The van der Waals surface area contributed by atoms with E-state index in [1.807, 2.05) is 13.1 Å². The highest BCUT2D eigenvalue weighted by atomic mass is 16.4. The highest BCUT2D eigenvalue weighted by molar-refractivity contribution is 5.88. The van der Waals surface area contributed by atoms with E-state index in [4.69, 9.17) is 4.42 Å². The molecule has 0 fully saturated rings. The molecule has 20 heavy (non-hydrogen) atoms. The van der Waals surface area contributed by atoms with Crippen LogP contribution in [0.5, 0.6) is 0 Å². The van der Waals surface area contributed by atoms with Gasteiger partial charge in [0.05, 0.1) is 24.4 Å². The molecule has 0 radical (unpaired) electrons. The van der Waals surface area contributed by atoms with Crippen LogP contribution in [0.2, 0.25) is 0 Å². The Balaban J connectivity index is 1.84. The second kappa shape index (κ2) is 4.64. The van der Waals surface area contributed by atoms with Crippen molar-refractivity contribution in [1.29, 1.82) is 0 Å². The molecule has 0 spiro atoms. The Bertz CT molecular complexity index is 716. The van der Waals surface area contributed by atoms with E-state index in [9.17, 15) is 5.11 Å². The zero-order valence-corrected chi connectivity index (χ0v) is 11.4. The minimum atomic E-state index is -1.08. The Labute approximate surface area is 116 Å². The van der Waals surface area contributed by atoms with Gasteiger partial charge in [0.15, 0.2) is 5.65 Å². The second-order valence-corrected chi connectivity index (χ2v) is 4.97. The molecule has 0 amide bonds. The molecule has 3 rings (SSSR count). The Morgan fingerprint density at radius 3 is 3.05 bits per heavy atom. The van der Waals surface area contributed by atoms with Crippen molar-refractivity contribution in [3.8, 4) is 0 Å². The third-order valence-corrected chi connectivity index (χ3v) is 3.31. The van der Waals surface area contributed by atoms with E-state index >= 15 is 0 Å². The first-order valence-corrected chi connectivity index (χ1v) is 6.35. The van der Waals surface area contributed by atoms with Crippen LogP contribution in [0.3, 0.4) is 0 Å². The lowest BCUT2D eigenvalue weighted by Crippen LogP contribution is -2.30. The van der Waals surface area contributed by atoms with Crippen molar-refractivity contribution >= 4 is 16.7 Å². The van der Waals surface area contributed by atoms with E-state index in [0.717, 1.165) is 16.7 Å². The Hall–Kier alpha value is -2.34. The predicted octanol–water partition coefficient (Wildman–Crippen LogP) is 1.88. The number of aliphatic hydroxyl groups is 1. The van der Waals surface area contributed by atoms with E-state index in [0.29, 0.717) is 12.3 Å². The average molecular weight is 272 g/mol. The van der Waals surface area contributed by atoms with Crippen molar-refractivity contribution in [3.05, 3.63) is 42.6 Å². The number of hydrogen-bond donors (Lipinski definition) is 2. The van der Waals surface area contributed by atoms with Gasteiger partial charge in [-0.15, -0.1) is 0 Å². The molecule has 3 aromatic heterocycles. The molecule has 0 bridgehead atoms. The smallest absolute Gasteiger partial charge is 0.159 e. The lowest BCUT2D eigenvalue weighted by molar-refractivity contribution is 0.0477. The summed E-state index contributed by atoms with van der Waals surface area (Å²) in [6.45, 7) is 2.04. The molecule has 0 aliphatic rings. The number of anilines is 1. The van der Waals surface area contributed by atoms with Gasteiger partial charge in [-0.1, -0.05) is 0 Å². The topological polar surface area (TPSA) is 76.1 Å². The van der Waals surface area contributed by atoms with Crippen molar-refractivity contribution in [3.63, 3.8) is 0 Å². The molecule has 1 atom stereocenters. The molecule has 3 heterocycles. The van der Waals surface area contributed by atoms with Crippen LogP contribution in [0.1, 0.15) is 12.7 Å². The van der Waals surface area contributed by atoms with E-state index in [2.05, 4.69) is 15.4 Å².